The van der Waals surface area contributed by atoms with Gasteiger partial charge in [0.25, 0.3) is 0 Å². The number of thioether (sulfide) groups is 1. The van der Waals surface area contributed by atoms with Crippen molar-refractivity contribution >= 4 is 23.4 Å². The number of ether oxygens (including phenoxy) is 1. The normalized spacial score (nSPS) is 17.7. The van der Waals surface area contributed by atoms with Gasteiger partial charge in [-0.05, 0) is 43.2 Å². The van der Waals surface area contributed by atoms with Crippen molar-refractivity contribution in [1.29, 1.82) is 0 Å². The van der Waals surface area contributed by atoms with Gasteiger partial charge in [0.05, 0.1) is 13.2 Å². The van der Waals surface area contributed by atoms with Gasteiger partial charge in [-0.25, -0.2) is 4.68 Å². The lowest BCUT2D eigenvalue weighted by Crippen LogP contribution is -2.41. The molecule has 0 saturated carbocycles. The minimum Gasteiger partial charge on any atom is -0.497 e. The van der Waals surface area contributed by atoms with Crippen LogP contribution in [-0.4, -0.2) is 33.1 Å². The Labute approximate surface area is 180 Å². The number of carbonyl (C=O) groups excluding carboxylic acids is 1. The van der Waals surface area contributed by atoms with Crippen molar-refractivity contribution in [3.05, 3.63) is 65.5 Å². The first kappa shape index (κ1) is 20.3. The molecule has 30 heavy (non-hydrogen) atoms. The molecule has 1 amide bonds. The Morgan fingerprint density at radius 2 is 1.90 bits per heavy atom. The Bertz CT molecular complexity index is 1020. The van der Waals surface area contributed by atoms with Crippen LogP contribution >= 0.6 is 11.8 Å². The lowest BCUT2D eigenvalue weighted by atomic mass is 10.0. The molecule has 3 aromatic rings. The zero-order chi connectivity index (χ0) is 21.1. The summed E-state index contributed by atoms with van der Waals surface area (Å²) in [5, 5.41) is 11.9. The van der Waals surface area contributed by atoms with Crippen molar-refractivity contribution in [1.82, 2.24) is 14.9 Å². The number of benzene rings is 2. The molecule has 8 heteroatoms. The standard InChI is InChI=1S/C22H25N5O2S/c1-4-5-18-24-25-22-27(18)26-19(15-8-12-17(29-3)13-9-15)20(30-22)21(28)23-16-10-6-14(2)7-11-16/h6-13,19-20,26H,4-5H2,1-3H3,(H,23,28). The fourth-order valence-corrected chi connectivity index (χ4v) is 4.49. The van der Waals surface area contributed by atoms with Gasteiger partial charge in [-0.3, -0.25) is 4.79 Å². The first-order valence-electron chi connectivity index (χ1n) is 9.98. The highest BCUT2D eigenvalue weighted by Gasteiger charge is 2.37. The Morgan fingerprint density at radius 1 is 1.17 bits per heavy atom. The lowest BCUT2D eigenvalue weighted by Gasteiger charge is -2.33. The fraction of sp³-hybridized carbons (Fsp3) is 0.318. The molecule has 0 bridgehead atoms. The number of hydrogen-bond acceptors (Lipinski definition) is 6. The van der Waals surface area contributed by atoms with Crippen LogP contribution < -0.4 is 15.5 Å². The van der Waals surface area contributed by atoms with Gasteiger partial charge in [-0.1, -0.05) is 48.5 Å². The summed E-state index contributed by atoms with van der Waals surface area (Å²) in [6.07, 6.45) is 1.78. The van der Waals surface area contributed by atoms with Crippen LogP contribution in [0.2, 0.25) is 0 Å². The molecule has 0 saturated heterocycles. The molecular weight excluding hydrogens is 398 g/mol. The summed E-state index contributed by atoms with van der Waals surface area (Å²) >= 11 is 1.43. The maximum absolute atomic E-state index is 13.2. The second-order valence-corrected chi connectivity index (χ2v) is 8.37. The molecule has 2 N–H and O–H groups in total. The monoisotopic (exact) mass is 423 g/mol. The van der Waals surface area contributed by atoms with Crippen molar-refractivity contribution in [2.45, 2.75) is 43.1 Å². The SMILES string of the molecule is CCCc1nnc2n1NC(c1ccc(OC)cc1)C(C(=O)Nc1ccc(C)cc1)S2. The molecule has 156 valence electrons. The Hall–Kier alpha value is -3.00. The third-order valence-corrected chi connectivity index (χ3v) is 6.24. The number of hydrogen-bond donors (Lipinski definition) is 2. The molecule has 2 heterocycles. The average Bonchev–Trinajstić information content (AvgIpc) is 3.16. The third kappa shape index (κ3) is 4.14. The molecule has 2 unspecified atom stereocenters. The lowest BCUT2D eigenvalue weighted by molar-refractivity contribution is -0.116. The number of aromatic nitrogens is 3. The summed E-state index contributed by atoms with van der Waals surface area (Å²) in [6.45, 7) is 4.13. The molecule has 2 atom stereocenters. The van der Waals surface area contributed by atoms with Gasteiger partial charge in [-0.2, -0.15) is 0 Å². The molecule has 1 aromatic heterocycles. The first-order chi connectivity index (χ1) is 14.6. The topological polar surface area (TPSA) is 81.1 Å². The van der Waals surface area contributed by atoms with Crippen LogP contribution in [-0.2, 0) is 11.2 Å². The zero-order valence-electron chi connectivity index (χ0n) is 17.3. The predicted molar refractivity (Wildman–Crippen MR) is 119 cm³/mol. The van der Waals surface area contributed by atoms with Gasteiger partial charge in [0.1, 0.15) is 11.0 Å². The van der Waals surface area contributed by atoms with E-state index in [1.54, 1.807) is 7.11 Å². The number of methoxy groups -OCH3 is 1. The maximum atomic E-state index is 13.2. The van der Waals surface area contributed by atoms with E-state index in [-0.39, 0.29) is 11.9 Å². The number of carbonyl (C=O) groups is 1. The largest absolute Gasteiger partial charge is 0.497 e. The summed E-state index contributed by atoms with van der Waals surface area (Å²) in [4.78, 5) is 13.2. The van der Waals surface area contributed by atoms with Gasteiger partial charge in [0, 0.05) is 12.1 Å². The van der Waals surface area contributed by atoms with Crippen LogP contribution in [0, 0.1) is 6.92 Å². The minimum absolute atomic E-state index is 0.0801. The molecule has 0 aliphatic carbocycles. The summed E-state index contributed by atoms with van der Waals surface area (Å²) in [6, 6.07) is 15.3. The van der Waals surface area contributed by atoms with Crippen LogP contribution in [0.15, 0.2) is 53.7 Å². The Kier molecular flexibility index (Phi) is 5.94. The summed E-state index contributed by atoms with van der Waals surface area (Å²) in [5.41, 5.74) is 6.40. The highest BCUT2D eigenvalue weighted by atomic mass is 32.2. The van der Waals surface area contributed by atoms with E-state index in [1.807, 2.05) is 60.1 Å². The summed E-state index contributed by atoms with van der Waals surface area (Å²) < 4.78 is 7.20. The van der Waals surface area contributed by atoms with E-state index in [4.69, 9.17) is 4.74 Å². The van der Waals surface area contributed by atoms with E-state index in [9.17, 15) is 4.79 Å². The minimum atomic E-state index is -0.411. The molecule has 0 radical (unpaired) electrons. The number of anilines is 1. The van der Waals surface area contributed by atoms with Crippen molar-refractivity contribution in [3.63, 3.8) is 0 Å². The van der Waals surface area contributed by atoms with Gasteiger partial charge in [0.15, 0.2) is 5.82 Å². The summed E-state index contributed by atoms with van der Waals surface area (Å²) in [5.74, 6) is 1.57. The van der Waals surface area contributed by atoms with Crippen molar-refractivity contribution in [2.24, 2.45) is 0 Å². The highest BCUT2D eigenvalue weighted by Crippen LogP contribution is 2.38. The third-order valence-electron chi connectivity index (χ3n) is 5.03. The maximum Gasteiger partial charge on any atom is 0.240 e. The second-order valence-electron chi connectivity index (χ2n) is 7.26. The van der Waals surface area contributed by atoms with Gasteiger partial charge in [0.2, 0.25) is 11.1 Å². The van der Waals surface area contributed by atoms with E-state index in [2.05, 4.69) is 27.9 Å². The number of nitrogens with one attached hydrogen (secondary N) is 2. The Morgan fingerprint density at radius 3 is 2.57 bits per heavy atom. The summed E-state index contributed by atoms with van der Waals surface area (Å²) in [7, 11) is 1.64. The molecular formula is C22H25N5O2S. The first-order valence-corrected chi connectivity index (χ1v) is 10.9. The fourth-order valence-electron chi connectivity index (χ4n) is 3.40. The van der Waals surface area contributed by atoms with E-state index in [0.717, 1.165) is 41.2 Å². The molecule has 7 nitrogen and oxygen atoms in total. The van der Waals surface area contributed by atoms with Crippen molar-refractivity contribution < 1.29 is 9.53 Å². The smallest absolute Gasteiger partial charge is 0.240 e. The quantitative estimate of drug-likeness (QED) is 0.625. The molecule has 0 spiro atoms. The average molecular weight is 424 g/mol. The van der Waals surface area contributed by atoms with Crippen LogP contribution in [0.3, 0.4) is 0 Å². The van der Waals surface area contributed by atoms with Crippen LogP contribution in [0.5, 0.6) is 5.75 Å². The van der Waals surface area contributed by atoms with E-state index < -0.39 is 5.25 Å². The predicted octanol–water partition coefficient (Wildman–Crippen LogP) is 3.95. The van der Waals surface area contributed by atoms with E-state index in [1.165, 1.54) is 11.8 Å². The van der Waals surface area contributed by atoms with Gasteiger partial charge in [-0.15, -0.1) is 10.2 Å². The van der Waals surface area contributed by atoms with Crippen LogP contribution in [0.1, 0.15) is 36.3 Å². The zero-order valence-corrected chi connectivity index (χ0v) is 18.1. The molecule has 4 rings (SSSR count). The van der Waals surface area contributed by atoms with Crippen molar-refractivity contribution in [3.8, 4) is 5.75 Å². The molecule has 0 fully saturated rings. The van der Waals surface area contributed by atoms with Crippen LogP contribution in [0.4, 0.5) is 5.69 Å². The van der Waals surface area contributed by atoms with Crippen molar-refractivity contribution in [2.75, 3.05) is 17.9 Å². The second kappa shape index (κ2) is 8.79. The van der Waals surface area contributed by atoms with Gasteiger partial charge < -0.3 is 15.5 Å². The van der Waals surface area contributed by atoms with Crippen LogP contribution in [0.25, 0.3) is 0 Å². The molecule has 1 aliphatic rings. The van der Waals surface area contributed by atoms with Gasteiger partial charge >= 0.3 is 0 Å². The Balaban J connectivity index is 1.65. The van der Waals surface area contributed by atoms with E-state index >= 15 is 0 Å². The molecule has 2 aromatic carbocycles. The highest BCUT2D eigenvalue weighted by molar-refractivity contribution is 8.00. The number of nitrogens with zero attached hydrogens (tertiary/aromatic N) is 3. The molecule has 1 aliphatic heterocycles. The number of amides is 1. The number of rotatable bonds is 6. The number of fused-ring (bicyclic) bond motifs is 1. The van der Waals surface area contributed by atoms with E-state index in [0.29, 0.717) is 5.16 Å². The number of aryl methyl sites for hydroxylation is 2.